The normalized spacial score (nSPS) is 14.6. The predicted octanol–water partition coefficient (Wildman–Crippen LogP) is 1.56. The number of hydrogen-bond donors (Lipinski definition) is 2. The molecular weight excluding hydrogens is 138 g/mol. The van der Waals surface area contributed by atoms with Gasteiger partial charge in [-0.05, 0) is 7.05 Å². The minimum absolute atomic E-state index is 0.287. The van der Waals surface area contributed by atoms with Crippen LogP contribution in [0.15, 0.2) is 0 Å². The predicted molar refractivity (Wildman–Crippen MR) is 44.6 cm³/mol. The van der Waals surface area contributed by atoms with Gasteiger partial charge >= 0.3 is 0 Å². The maximum atomic E-state index is 4.22. The van der Waals surface area contributed by atoms with Gasteiger partial charge in [0, 0.05) is 5.25 Å². The van der Waals surface area contributed by atoms with E-state index >= 15 is 0 Å². The van der Waals surface area contributed by atoms with Gasteiger partial charge in [0.05, 0.1) is 4.71 Å². The van der Waals surface area contributed by atoms with Crippen molar-refractivity contribution < 1.29 is 0 Å². The van der Waals surface area contributed by atoms with E-state index < -0.39 is 0 Å². The molecule has 0 fully saturated rings. The van der Waals surface area contributed by atoms with Crippen molar-refractivity contribution in [3.63, 3.8) is 0 Å². The zero-order valence-corrected chi connectivity index (χ0v) is 7.22. The Kier molecular flexibility index (Phi) is 4.90. The maximum Gasteiger partial charge on any atom is 0.0973 e. The second-order valence-electron chi connectivity index (χ2n) is 1.83. The molecule has 50 valence electrons. The lowest BCUT2D eigenvalue weighted by Gasteiger charge is -2.10. The van der Waals surface area contributed by atoms with E-state index in [0.717, 1.165) is 0 Å². The van der Waals surface area contributed by atoms with Crippen molar-refractivity contribution >= 4 is 24.4 Å². The van der Waals surface area contributed by atoms with Crippen molar-refractivity contribution in [1.29, 1.82) is 0 Å². The van der Waals surface area contributed by atoms with Gasteiger partial charge < -0.3 is 5.32 Å². The van der Waals surface area contributed by atoms with Crippen LogP contribution in [0.2, 0.25) is 0 Å². The van der Waals surface area contributed by atoms with Gasteiger partial charge in [-0.25, -0.2) is 0 Å². The van der Waals surface area contributed by atoms with E-state index in [0.29, 0.717) is 5.25 Å². The average molecular weight is 151 g/mol. The van der Waals surface area contributed by atoms with E-state index in [9.17, 15) is 0 Å². The minimum Gasteiger partial charge on any atom is -0.300 e. The monoisotopic (exact) mass is 151 g/mol. The highest BCUT2D eigenvalue weighted by Gasteiger charge is 2.00. The molecular formula is C5H13NS2. The van der Waals surface area contributed by atoms with Gasteiger partial charge in [-0.15, -0.1) is 24.4 Å². The average Bonchev–Trinajstić information content (AvgIpc) is 1.65. The molecule has 1 unspecified atom stereocenters. The molecule has 1 nitrogen and oxygen atoms in total. The summed E-state index contributed by atoms with van der Waals surface area (Å²) >= 11 is 6.03. The van der Waals surface area contributed by atoms with Crippen LogP contribution in [-0.2, 0) is 0 Å². The quantitative estimate of drug-likeness (QED) is 0.469. The van der Waals surface area contributed by atoms with Gasteiger partial charge in [-0.1, -0.05) is 13.8 Å². The molecule has 0 saturated carbocycles. The summed E-state index contributed by atoms with van der Waals surface area (Å²) in [5.74, 6) is 0. The van der Waals surface area contributed by atoms with E-state index in [2.05, 4.69) is 31.8 Å². The fourth-order valence-corrected chi connectivity index (χ4v) is 1.71. The molecule has 0 spiro atoms. The highest BCUT2D eigenvalue weighted by atomic mass is 32.2. The van der Waals surface area contributed by atoms with Crippen LogP contribution in [-0.4, -0.2) is 17.0 Å². The van der Waals surface area contributed by atoms with Gasteiger partial charge in [0.1, 0.15) is 0 Å². The third kappa shape index (κ3) is 4.81. The first-order valence-electron chi connectivity index (χ1n) is 2.67. The van der Waals surface area contributed by atoms with E-state index in [1.165, 1.54) is 0 Å². The van der Waals surface area contributed by atoms with Gasteiger partial charge in [-0.3, -0.25) is 0 Å². The molecule has 0 aliphatic carbocycles. The molecule has 8 heavy (non-hydrogen) atoms. The van der Waals surface area contributed by atoms with Gasteiger partial charge in [0.2, 0.25) is 0 Å². The topological polar surface area (TPSA) is 12.0 Å². The van der Waals surface area contributed by atoms with Crippen molar-refractivity contribution in [2.45, 2.75) is 23.8 Å². The molecule has 0 amide bonds. The fraction of sp³-hybridized carbons (Fsp3) is 1.00. The van der Waals surface area contributed by atoms with Crippen LogP contribution in [0.1, 0.15) is 13.8 Å². The van der Waals surface area contributed by atoms with Crippen LogP contribution >= 0.6 is 24.4 Å². The third-order valence-electron chi connectivity index (χ3n) is 0.648. The molecule has 0 saturated heterocycles. The van der Waals surface area contributed by atoms with Gasteiger partial charge in [0.25, 0.3) is 0 Å². The number of thiol groups is 1. The first kappa shape index (κ1) is 8.66. The Morgan fingerprint density at radius 3 is 2.12 bits per heavy atom. The largest absolute Gasteiger partial charge is 0.300 e. The number of rotatable bonds is 3. The molecule has 1 N–H and O–H groups in total. The van der Waals surface area contributed by atoms with Crippen molar-refractivity contribution in [2.75, 3.05) is 7.05 Å². The Morgan fingerprint density at radius 2 is 2.00 bits per heavy atom. The number of hydrogen-bond acceptors (Lipinski definition) is 3. The summed E-state index contributed by atoms with van der Waals surface area (Å²) in [5.41, 5.74) is 0. The second-order valence-corrected chi connectivity index (χ2v) is 4.38. The Labute approximate surface area is 61.0 Å². The van der Waals surface area contributed by atoms with E-state index in [1.54, 1.807) is 0 Å². The van der Waals surface area contributed by atoms with Crippen molar-refractivity contribution in [3.8, 4) is 0 Å². The standard InChI is InChI=1S/C5H13NS2/c1-4(2)8-5(7)6-3/h4-7H,1-3H3. The molecule has 0 aromatic carbocycles. The molecule has 3 heteroatoms. The maximum absolute atomic E-state index is 4.22. The summed E-state index contributed by atoms with van der Waals surface area (Å²) in [5, 5.41) is 3.68. The smallest absolute Gasteiger partial charge is 0.0973 e. The molecule has 0 aromatic rings. The SMILES string of the molecule is CNC(S)SC(C)C. The molecule has 0 aliphatic rings. The Balaban J connectivity index is 3.10. The molecule has 0 aliphatic heterocycles. The molecule has 0 aromatic heterocycles. The van der Waals surface area contributed by atoms with Crippen molar-refractivity contribution in [2.24, 2.45) is 0 Å². The lowest BCUT2D eigenvalue weighted by atomic mass is 10.6. The fourth-order valence-electron chi connectivity index (χ4n) is 0.326. The lowest BCUT2D eigenvalue weighted by Crippen LogP contribution is -2.16. The van der Waals surface area contributed by atoms with Gasteiger partial charge in [0.15, 0.2) is 0 Å². The summed E-state index contributed by atoms with van der Waals surface area (Å²) in [4.78, 5) is 0. The summed E-state index contributed by atoms with van der Waals surface area (Å²) < 4.78 is 0.287. The van der Waals surface area contributed by atoms with Crippen molar-refractivity contribution in [1.82, 2.24) is 5.32 Å². The summed E-state index contributed by atoms with van der Waals surface area (Å²) in [6.45, 7) is 4.32. The first-order valence-corrected chi connectivity index (χ1v) is 4.13. The Morgan fingerprint density at radius 1 is 1.50 bits per heavy atom. The zero-order valence-electron chi connectivity index (χ0n) is 5.51. The molecule has 0 rings (SSSR count). The summed E-state index contributed by atoms with van der Waals surface area (Å²) in [6, 6.07) is 0. The minimum atomic E-state index is 0.287. The number of nitrogens with one attached hydrogen (secondary N) is 1. The second kappa shape index (κ2) is 4.53. The number of thioether (sulfide) groups is 1. The summed E-state index contributed by atoms with van der Waals surface area (Å²) in [6.07, 6.45) is 0. The van der Waals surface area contributed by atoms with Crippen LogP contribution in [0.3, 0.4) is 0 Å². The van der Waals surface area contributed by atoms with Crippen LogP contribution in [0.25, 0.3) is 0 Å². The molecule has 0 bridgehead atoms. The molecule has 0 heterocycles. The van der Waals surface area contributed by atoms with E-state index in [4.69, 9.17) is 0 Å². The lowest BCUT2D eigenvalue weighted by molar-refractivity contribution is 0.931. The Bertz CT molecular complexity index is 56.4. The van der Waals surface area contributed by atoms with Crippen LogP contribution in [0.5, 0.6) is 0 Å². The van der Waals surface area contributed by atoms with E-state index in [-0.39, 0.29) is 4.71 Å². The van der Waals surface area contributed by atoms with Crippen LogP contribution in [0.4, 0.5) is 0 Å². The van der Waals surface area contributed by atoms with Crippen LogP contribution in [0, 0.1) is 0 Å². The Hall–Kier alpha value is 0.660. The summed E-state index contributed by atoms with van der Waals surface area (Å²) in [7, 11) is 1.91. The highest BCUT2D eigenvalue weighted by Crippen LogP contribution is 2.16. The first-order chi connectivity index (χ1) is 3.66. The zero-order chi connectivity index (χ0) is 6.57. The van der Waals surface area contributed by atoms with Gasteiger partial charge in [-0.2, -0.15) is 0 Å². The van der Waals surface area contributed by atoms with E-state index in [1.807, 2.05) is 18.8 Å². The van der Waals surface area contributed by atoms with Crippen LogP contribution < -0.4 is 5.32 Å². The van der Waals surface area contributed by atoms with Crippen molar-refractivity contribution in [3.05, 3.63) is 0 Å². The highest BCUT2D eigenvalue weighted by molar-refractivity contribution is 8.10. The molecule has 1 atom stereocenters. The third-order valence-corrected chi connectivity index (χ3v) is 2.31. The molecule has 0 radical (unpaired) electrons.